The van der Waals surface area contributed by atoms with Gasteiger partial charge in [-0.05, 0) is 36.7 Å². The molecule has 19 heavy (non-hydrogen) atoms. The van der Waals surface area contributed by atoms with Crippen molar-refractivity contribution in [2.45, 2.75) is 19.9 Å². The van der Waals surface area contributed by atoms with E-state index in [1.165, 1.54) is 18.2 Å². The molecule has 100 valence electrons. The van der Waals surface area contributed by atoms with Gasteiger partial charge in [0.15, 0.2) is 0 Å². The molecule has 0 fully saturated rings. The van der Waals surface area contributed by atoms with E-state index in [-0.39, 0.29) is 11.6 Å². The maximum Gasteiger partial charge on any atom is 0.133 e. The second-order valence-corrected chi connectivity index (χ2v) is 4.46. The van der Waals surface area contributed by atoms with Gasteiger partial charge in [-0.25, -0.2) is 8.78 Å². The lowest BCUT2D eigenvalue weighted by Gasteiger charge is -2.18. The molecule has 0 bridgehead atoms. The highest BCUT2D eigenvalue weighted by atomic mass is 19.1. The van der Waals surface area contributed by atoms with E-state index in [0.29, 0.717) is 5.56 Å². The molecule has 1 atom stereocenters. The maximum atomic E-state index is 13.9. The summed E-state index contributed by atoms with van der Waals surface area (Å²) in [5.74, 6) is -1.06. The van der Waals surface area contributed by atoms with Crippen molar-refractivity contribution < 1.29 is 8.78 Å². The van der Waals surface area contributed by atoms with E-state index in [9.17, 15) is 8.78 Å². The van der Waals surface area contributed by atoms with Gasteiger partial charge in [0, 0.05) is 6.04 Å². The average Bonchev–Trinajstić information content (AvgIpc) is 2.39. The molecule has 0 spiro atoms. The second-order valence-electron chi connectivity index (χ2n) is 4.46. The van der Waals surface area contributed by atoms with Gasteiger partial charge in [-0.15, -0.1) is 0 Å². The minimum Gasteiger partial charge on any atom is -0.310 e. The molecular weight excluding hydrogens is 244 g/mol. The summed E-state index contributed by atoms with van der Waals surface area (Å²) < 4.78 is 27.8. The molecule has 0 saturated carbocycles. The molecule has 2 aromatic carbocycles. The van der Waals surface area contributed by atoms with Crippen LogP contribution in [0.5, 0.6) is 0 Å². The Kier molecular flexibility index (Phi) is 4.27. The van der Waals surface area contributed by atoms with E-state index in [1.54, 1.807) is 12.1 Å². The van der Waals surface area contributed by atoms with Crippen molar-refractivity contribution in [1.82, 2.24) is 5.32 Å². The Morgan fingerprint density at radius 3 is 2.26 bits per heavy atom. The van der Waals surface area contributed by atoms with Crippen LogP contribution in [0, 0.1) is 11.6 Å². The molecule has 0 aromatic heterocycles. The van der Waals surface area contributed by atoms with Crippen LogP contribution in [-0.2, 0) is 0 Å². The van der Waals surface area contributed by atoms with E-state index in [0.717, 1.165) is 12.1 Å². The topological polar surface area (TPSA) is 12.0 Å². The fraction of sp³-hybridized carbons (Fsp3) is 0.250. The molecule has 0 amide bonds. The molecule has 3 heteroatoms. The highest BCUT2D eigenvalue weighted by Gasteiger charge is 2.16. The lowest BCUT2D eigenvalue weighted by atomic mass is 9.95. The Balaban J connectivity index is 2.57. The molecule has 0 saturated heterocycles. The molecule has 0 radical (unpaired) electrons. The number of hydrogen-bond acceptors (Lipinski definition) is 1. The fourth-order valence-electron chi connectivity index (χ4n) is 2.27. The minimum atomic E-state index is -0.531. The quantitative estimate of drug-likeness (QED) is 0.865. The number of nitrogens with one attached hydrogen (secondary N) is 1. The zero-order valence-corrected chi connectivity index (χ0v) is 11.1. The standard InChI is InChI=1S/C16H17F2N/c1-3-19-11(2)12-7-4-5-8-13(12)16-14(17)9-6-10-15(16)18/h4-11,19H,3H2,1-2H3. The summed E-state index contributed by atoms with van der Waals surface area (Å²) in [6.07, 6.45) is 0. The first-order valence-electron chi connectivity index (χ1n) is 6.41. The van der Waals surface area contributed by atoms with Gasteiger partial charge in [-0.3, -0.25) is 0 Å². The van der Waals surface area contributed by atoms with Gasteiger partial charge in [0.1, 0.15) is 11.6 Å². The zero-order valence-electron chi connectivity index (χ0n) is 11.1. The van der Waals surface area contributed by atoms with Crippen molar-refractivity contribution in [2.24, 2.45) is 0 Å². The van der Waals surface area contributed by atoms with Gasteiger partial charge in [0.2, 0.25) is 0 Å². The lowest BCUT2D eigenvalue weighted by Crippen LogP contribution is -2.18. The largest absolute Gasteiger partial charge is 0.310 e. The summed E-state index contributed by atoms with van der Waals surface area (Å²) in [6, 6.07) is 11.3. The molecule has 2 rings (SSSR count). The predicted molar refractivity (Wildman–Crippen MR) is 73.9 cm³/mol. The van der Waals surface area contributed by atoms with E-state index >= 15 is 0 Å². The van der Waals surface area contributed by atoms with E-state index in [4.69, 9.17) is 0 Å². The van der Waals surface area contributed by atoms with Gasteiger partial charge in [0.05, 0.1) is 5.56 Å². The van der Waals surface area contributed by atoms with Crippen LogP contribution in [0.15, 0.2) is 42.5 Å². The SMILES string of the molecule is CCNC(C)c1ccccc1-c1c(F)cccc1F. The Labute approximate surface area is 112 Å². The predicted octanol–water partition coefficient (Wildman–Crippen LogP) is 4.30. The first-order valence-corrected chi connectivity index (χ1v) is 6.41. The third kappa shape index (κ3) is 2.82. The summed E-state index contributed by atoms with van der Waals surface area (Å²) in [5, 5.41) is 3.27. The Morgan fingerprint density at radius 2 is 1.63 bits per heavy atom. The minimum absolute atomic E-state index is 0.0419. The summed E-state index contributed by atoms with van der Waals surface area (Å²) in [4.78, 5) is 0. The smallest absolute Gasteiger partial charge is 0.133 e. The normalized spacial score (nSPS) is 12.4. The third-order valence-electron chi connectivity index (χ3n) is 3.17. The van der Waals surface area contributed by atoms with Crippen LogP contribution < -0.4 is 5.32 Å². The highest BCUT2D eigenvalue weighted by molar-refractivity contribution is 5.69. The van der Waals surface area contributed by atoms with Crippen molar-refractivity contribution in [3.05, 3.63) is 59.7 Å². The summed E-state index contributed by atoms with van der Waals surface area (Å²) >= 11 is 0. The number of benzene rings is 2. The Hall–Kier alpha value is -1.74. The average molecular weight is 261 g/mol. The van der Waals surface area contributed by atoms with Crippen molar-refractivity contribution in [2.75, 3.05) is 6.54 Å². The molecule has 1 nitrogen and oxygen atoms in total. The van der Waals surface area contributed by atoms with E-state index in [1.807, 2.05) is 26.0 Å². The van der Waals surface area contributed by atoms with Crippen LogP contribution in [0.25, 0.3) is 11.1 Å². The third-order valence-corrected chi connectivity index (χ3v) is 3.17. The Bertz CT molecular complexity index is 546. The number of rotatable bonds is 4. The van der Waals surface area contributed by atoms with E-state index < -0.39 is 11.6 Å². The van der Waals surface area contributed by atoms with Crippen LogP contribution in [0.4, 0.5) is 8.78 Å². The molecule has 1 unspecified atom stereocenters. The maximum absolute atomic E-state index is 13.9. The van der Waals surface area contributed by atoms with Crippen LogP contribution in [0.3, 0.4) is 0 Å². The van der Waals surface area contributed by atoms with E-state index in [2.05, 4.69) is 5.32 Å². The van der Waals surface area contributed by atoms with Gasteiger partial charge >= 0.3 is 0 Å². The lowest BCUT2D eigenvalue weighted by molar-refractivity contribution is 0.583. The number of halogens is 2. The fourth-order valence-corrected chi connectivity index (χ4v) is 2.27. The number of hydrogen-bond donors (Lipinski definition) is 1. The molecule has 0 aliphatic carbocycles. The van der Waals surface area contributed by atoms with Crippen LogP contribution in [0.1, 0.15) is 25.5 Å². The van der Waals surface area contributed by atoms with Gasteiger partial charge in [-0.1, -0.05) is 37.3 Å². The molecule has 0 aliphatic heterocycles. The Morgan fingerprint density at radius 1 is 1.00 bits per heavy atom. The zero-order chi connectivity index (χ0) is 13.8. The van der Waals surface area contributed by atoms with Crippen LogP contribution >= 0.6 is 0 Å². The summed E-state index contributed by atoms with van der Waals surface area (Å²) in [7, 11) is 0. The van der Waals surface area contributed by atoms with Crippen molar-refractivity contribution in [3.8, 4) is 11.1 Å². The molecule has 1 N–H and O–H groups in total. The van der Waals surface area contributed by atoms with Crippen LogP contribution in [0.2, 0.25) is 0 Å². The van der Waals surface area contributed by atoms with Crippen molar-refractivity contribution in [1.29, 1.82) is 0 Å². The van der Waals surface area contributed by atoms with Gasteiger partial charge in [-0.2, -0.15) is 0 Å². The summed E-state index contributed by atoms with van der Waals surface area (Å²) in [5.41, 5.74) is 1.54. The molecular formula is C16H17F2N. The first-order chi connectivity index (χ1) is 9.15. The van der Waals surface area contributed by atoms with Gasteiger partial charge in [0.25, 0.3) is 0 Å². The monoisotopic (exact) mass is 261 g/mol. The van der Waals surface area contributed by atoms with Crippen molar-refractivity contribution in [3.63, 3.8) is 0 Å². The first kappa shape index (κ1) is 13.7. The van der Waals surface area contributed by atoms with Crippen molar-refractivity contribution >= 4 is 0 Å². The van der Waals surface area contributed by atoms with Crippen LogP contribution in [-0.4, -0.2) is 6.54 Å². The highest BCUT2D eigenvalue weighted by Crippen LogP contribution is 2.31. The molecule has 0 aliphatic rings. The second kappa shape index (κ2) is 5.93. The van der Waals surface area contributed by atoms with Gasteiger partial charge < -0.3 is 5.32 Å². The molecule has 2 aromatic rings. The summed E-state index contributed by atoms with van der Waals surface area (Å²) in [6.45, 7) is 4.79. The molecule has 0 heterocycles.